The highest BCUT2D eigenvalue weighted by atomic mass is 32.1. The van der Waals surface area contributed by atoms with E-state index in [1.165, 1.54) is 11.3 Å². The minimum Gasteiger partial charge on any atom is -0.497 e. The molecule has 0 aliphatic carbocycles. The Balaban J connectivity index is 1.68. The first-order valence-corrected chi connectivity index (χ1v) is 8.71. The molecule has 0 saturated heterocycles. The maximum atomic E-state index is 12.7. The molecule has 0 N–H and O–H groups in total. The Kier molecular flexibility index (Phi) is 3.82. The highest BCUT2D eigenvalue weighted by Crippen LogP contribution is 2.29. The standard InChI is InChI=1S/C18H17N3O2S/c1-23-14-7-5-13(6-8-14)15-12-20-9-3-10-21(18(20)19-15)17(22)16-4-2-11-24-16/h2,4-8,11-12H,3,9-10H2,1H3. The third-order valence-electron chi connectivity index (χ3n) is 4.14. The van der Waals surface area contributed by atoms with Crippen LogP contribution in [-0.4, -0.2) is 29.1 Å². The molecule has 0 saturated carbocycles. The SMILES string of the molecule is COc1ccc(-c2cn3c(n2)N(C(=O)c2cccs2)CCC3)cc1. The lowest BCUT2D eigenvalue weighted by Crippen LogP contribution is -2.37. The minimum atomic E-state index is 0.0258. The third kappa shape index (κ3) is 2.59. The summed E-state index contributed by atoms with van der Waals surface area (Å²) in [5, 5.41) is 1.92. The van der Waals surface area contributed by atoms with E-state index in [4.69, 9.17) is 9.72 Å². The lowest BCUT2D eigenvalue weighted by atomic mass is 10.2. The van der Waals surface area contributed by atoms with Crippen molar-refractivity contribution < 1.29 is 9.53 Å². The first-order valence-electron chi connectivity index (χ1n) is 7.83. The second kappa shape index (κ2) is 6.13. The number of rotatable bonds is 3. The van der Waals surface area contributed by atoms with Gasteiger partial charge in [-0.1, -0.05) is 6.07 Å². The van der Waals surface area contributed by atoms with E-state index in [9.17, 15) is 4.79 Å². The summed E-state index contributed by atoms with van der Waals surface area (Å²) in [6.45, 7) is 1.59. The third-order valence-corrected chi connectivity index (χ3v) is 5.00. The van der Waals surface area contributed by atoms with Crippen LogP contribution in [0.5, 0.6) is 5.75 Å². The molecule has 0 atom stereocenters. The molecule has 0 radical (unpaired) electrons. The van der Waals surface area contributed by atoms with Gasteiger partial charge in [0.1, 0.15) is 5.75 Å². The molecule has 6 heteroatoms. The summed E-state index contributed by atoms with van der Waals surface area (Å²) in [7, 11) is 1.65. The Morgan fingerprint density at radius 2 is 2.04 bits per heavy atom. The van der Waals surface area contributed by atoms with Crippen molar-refractivity contribution in [3.63, 3.8) is 0 Å². The van der Waals surface area contributed by atoms with Crippen molar-refractivity contribution in [2.45, 2.75) is 13.0 Å². The van der Waals surface area contributed by atoms with Gasteiger partial charge in [-0.3, -0.25) is 9.69 Å². The Labute approximate surface area is 144 Å². The van der Waals surface area contributed by atoms with Gasteiger partial charge in [0, 0.05) is 24.8 Å². The summed E-state index contributed by atoms with van der Waals surface area (Å²) in [6.07, 6.45) is 2.95. The highest BCUT2D eigenvalue weighted by Gasteiger charge is 2.26. The zero-order valence-electron chi connectivity index (χ0n) is 13.3. The van der Waals surface area contributed by atoms with E-state index in [1.807, 2.05) is 48.0 Å². The molecule has 122 valence electrons. The molecule has 1 aliphatic rings. The lowest BCUT2D eigenvalue weighted by molar-refractivity contribution is 0.0985. The molecule has 0 fully saturated rings. The lowest BCUT2D eigenvalue weighted by Gasteiger charge is -2.26. The largest absolute Gasteiger partial charge is 0.497 e. The molecular formula is C18H17N3O2S. The quantitative estimate of drug-likeness (QED) is 0.731. The van der Waals surface area contributed by atoms with Crippen LogP contribution in [0.1, 0.15) is 16.1 Å². The van der Waals surface area contributed by atoms with E-state index in [1.54, 1.807) is 12.0 Å². The minimum absolute atomic E-state index is 0.0258. The van der Waals surface area contributed by atoms with Crippen molar-refractivity contribution in [3.05, 3.63) is 52.9 Å². The number of fused-ring (bicyclic) bond motifs is 1. The first-order chi connectivity index (χ1) is 11.8. The zero-order valence-corrected chi connectivity index (χ0v) is 14.1. The monoisotopic (exact) mass is 339 g/mol. The molecule has 1 aromatic carbocycles. The molecule has 0 bridgehead atoms. The number of aryl methyl sites for hydroxylation is 1. The van der Waals surface area contributed by atoms with Crippen LogP contribution in [-0.2, 0) is 6.54 Å². The van der Waals surface area contributed by atoms with Gasteiger partial charge in [-0.05, 0) is 42.1 Å². The number of benzene rings is 1. The number of carbonyl (C=O) groups excluding carboxylic acids is 1. The van der Waals surface area contributed by atoms with Crippen LogP contribution >= 0.6 is 11.3 Å². The van der Waals surface area contributed by atoms with E-state index >= 15 is 0 Å². The molecule has 3 aromatic rings. The highest BCUT2D eigenvalue weighted by molar-refractivity contribution is 7.12. The average Bonchev–Trinajstić information content (AvgIpc) is 3.30. The van der Waals surface area contributed by atoms with Gasteiger partial charge in [-0.25, -0.2) is 4.98 Å². The van der Waals surface area contributed by atoms with Crippen LogP contribution in [0, 0.1) is 0 Å². The molecule has 5 nitrogen and oxygen atoms in total. The second-order valence-corrected chi connectivity index (χ2v) is 6.58. The Bertz CT molecular complexity index is 853. The van der Waals surface area contributed by atoms with E-state index in [0.717, 1.165) is 40.8 Å². The fraction of sp³-hybridized carbons (Fsp3) is 0.222. The normalized spacial score (nSPS) is 13.6. The summed E-state index contributed by atoms with van der Waals surface area (Å²) in [5.41, 5.74) is 1.89. The van der Waals surface area contributed by atoms with E-state index in [-0.39, 0.29) is 5.91 Å². The predicted molar refractivity (Wildman–Crippen MR) is 94.8 cm³/mol. The first kappa shape index (κ1) is 15.0. The summed E-state index contributed by atoms with van der Waals surface area (Å²) in [4.78, 5) is 20.0. The van der Waals surface area contributed by atoms with Gasteiger partial charge in [0.2, 0.25) is 5.95 Å². The molecule has 2 aromatic heterocycles. The molecule has 1 aliphatic heterocycles. The summed E-state index contributed by atoms with van der Waals surface area (Å²) in [6, 6.07) is 11.6. The Morgan fingerprint density at radius 1 is 1.21 bits per heavy atom. The molecule has 3 heterocycles. The molecule has 1 amide bonds. The van der Waals surface area contributed by atoms with Crippen molar-refractivity contribution in [3.8, 4) is 17.0 Å². The van der Waals surface area contributed by atoms with Crippen molar-refractivity contribution in [2.24, 2.45) is 0 Å². The fourth-order valence-electron chi connectivity index (χ4n) is 2.91. The van der Waals surface area contributed by atoms with Crippen molar-refractivity contribution in [1.29, 1.82) is 0 Å². The number of amides is 1. The molecular weight excluding hydrogens is 322 g/mol. The molecule has 0 spiro atoms. The number of carbonyl (C=O) groups is 1. The number of imidazole rings is 1. The van der Waals surface area contributed by atoms with Crippen molar-refractivity contribution >= 4 is 23.2 Å². The maximum Gasteiger partial charge on any atom is 0.270 e. The topological polar surface area (TPSA) is 47.4 Å². The number of aromatic nitrogens is 2. The number of thiophene rings is 1. The maximum absolute atomic E-state index is 12.7. The summed E-state index contributed by atoms with van der Waals surface area (Å²) >= 11 is 1.46. The predicted octanol–water partition coefficient (Wildman–Crippen LogP) is 3.67. The van der Waals surface area contributed by atoms with Gasteiger partial charge in [0.15, 0.2) is 0 Å². The van der Waals surface area contributed by atoms with Crippen LogP contribution in [0.15, 0.2) is 48.0 Å². The molecule has 24 heavy (non-hydrogen) atoms. The number of ether oxygens (including phenoxy) is 1. The van der Waals surface area contributed by atoms with E-state index in [0.29, 0.717) is 6.54 Å². The van der Waals surface area contributed by atoms with Crippen molar-refractivity contribution in [2.75, 3.05) is 18.6 Å². The van der Waals surface area contributed by atoms with E-state index < -0.39 is 0 Å². The number of hydrogen-bond acceptors (Lipinski definition) is 4. The van der Waals surface area contributed by atoms with Gasteiger partial charge in [0.25, 0.3) is 5.91 Å². The zero-order chi connectivity index (χ0) is 16.5. The molecule has 4 rings (SSSR count). The summed E-state index contributed by atoms with van der Waals surface area (Å²) < 4.78 is 7.26. The average molecular weight is 339 g/mol. The number of anilines is 1. The molecule has 0 unspecified atom stereocenters. The van der Waals surface area contributed by atoms with Gasteiger partial charge in [-0.15, -0.1) is 11.3 Å². The van der Waals surface area contributed by atoms with Crippen LogP contribution in [0.25, 0.3) is 11.3 Å². The smallest absolute Gasteiger partial charge is 0.270 e. The fourth-order valence-corrected chi connectivity index (χ4v) is 3.58. The van der Waals surface area contributed by atoms with Crippen LogP contribution in [0.4, 0.5) is 5.95 Å². The number of methoxy groups -OCH3 is 1. The van der Waals surface area contributed by atoms with Crippen molar-refractivity contribution in [1.82, 2.24) is 9.55 Å². The van der Waals surface area contributed by atoms with Gasteiger partial charge in [-0.2, -0.15) is 0 Å². The Morgan fingerprint density at radius 3 is 2.75 bits per heavy atom. The van der Waals surface area contributed by atoms with E-state index in [2.05, 4.69) is 4.57 Å². The second-order valence-electron chi connectivity index (χ2n) is 5.64. The van der Waals surface area contributed by atoms with Gasteiger partial charge >= 0.3 is 0 Å². The van der Waals surface area contributed by atoms with Gasteiger partial charge in [0.05, 0.1) is 17.7 Å². The Hall–Kier alpha value is -2.60. The van der Waals surface area contributed by atoms with Crippen LogP contribution in [0.2, 0.25) is 0 Å². The number of hydrogen-bond donors (Lipinski definition) is 0. The number of nitrogens with zero attached hydrogens (tertiary/aromatic N) is 3. The van der Waals surface area contributed by atoms with Crippen LogP contribution < -0.4 is 9.64 Å². The van der Waals surface area contributed by atoms with Crippen LogP contribution in [0.3, 0.4) is 0 Å². The summed E-state index contributed by atoms with van der Waals surface area (Å²) in [5.74, 6) is 1.57. The van der Waals surface area contributed by atoms with Gasteiger partial charge < -0.3 is 9.30 Å².